The van der Waals surface area contributed by atoms with Crippen LogP contribution in [0.3, 0.4) is 0 Å². The van der Waals surface area contributed by atoms with Gasteiger partial charge >= 0.3 is 5.97 Å². The summed E-state index contributed by atoms with van der Waals surface area (Å²) in [4.78, 5) is 36.0. The van der Waals surface area contributed by atoms with Gasteiger partial charge in [-0.3, -0.25) is 9.36 Å². The van der Waals surface area contributed by atoms with Gasteiger partial charge in [0, 0.05) is 5.69 Å². The second-order valence-electron chi connectivity index (χ2n) is 9.42. The Balaban J connectivity index is 1.77. The Kier molecular flexibility index (Phi) is 8.71. The average Bonchev–Trinajstić information content (AvgIpc) is 3.47. The van der Waals surface area contributed by atoms with E-state index in [4.69, 9.17) is 9.57 Å². The number of anilines is 1. The van der Waals surface area contributed by atoms with Gasteiger partial charge in [0.1, 0.15) is 24.2 Å². The molecule has 5 aromatic rings. The molecule has 0 aliphatic heterocycles. The minimum Gasteiger partial charge on any atom is -0.461 e. The molecule has 0 radical (unpaired) electrons. The predicted octanol–water partition coefficient (Wildman–Crippen LogP) is 6.16. The van der Waals surface area contributed by atoms with E-state index in [0.717, 1.165) is 16.7 Å². The maximum Gasteiger partial charge on any atom is 0.364 e. The number of carbonyl (C=O) groups excluding carboxylic acids is 2. The van der Waals surface area contributed by atoms with Crippen LogP contribution < -0.4 is 5.32 Å². The van der Waals surface area contributed by atoms with Crippen LogP contribution in [-0.2, 0) is 19.9 Å². The predicted molar refractivity (Wildman–Crippen MR) is 162 cm³/mol. The summed E-state index contributed by atoms with van der Waals surface area (Å²) in [6.45, 7) is 1.65. The fraction of sp³-hybridized carbons (Fsp3) is 0.118. The topological polar surface area (TPSA) is 94.8 Å². The number of oxime groups is 1. The van der Waals surface area contributed by atoms with E-state index in [9.17, 15) is 14.0 Å². The van der Waals surface area contributed by atoms with Crippen LogP contribution >= 0.6 is 0 Å². The molecule has 0 aliphatic carbocycles. The van der Waals surface area contributed by atoms with Crippen molar-refractivity contribution in [3.8, 4) is 5.69 Å². The Morgan fingerprint density at radius 1 is 0.837 bits per heavy atom. The number of halogens is 1. The lowest BCUT2D eigenvalue weighted by atomic mass is 9.77. The number of benzene rings is 4. The van der Waals surface area contributed by atoms with Crippen LogP contribution in [0.2, 0.25) is 0 Å². The summed E-state index contributed by atoms with van der Waals surface area (Å²) in [6.07, 6.45) is 1.34. The molecule has 0 unspecified atom stereocenters. The van der Waals surface area contributed by atoms with Crippen LogP contribution in [0.4, 0.5) is 10.3 Å². The average molecular weight is 577 g/mol. The quantitative estimate of drug-likeness (QED) is 0.0505. The lowest BCUT2D eigenvalue weighted by molar-refractivity contribution is -0.135. The Morgan fingerprint density at radius 3 is 1.81 bits per heavy atom. The maximum atomic E-state index is 14.0. The van der Waals surface area contributed by atoms with E-state index in [1.54, 1.807) is 6.92 Å². The molecule has 1 aromatic heterocycles. The molecule has 4 aromatic carbocycles. The number of Topliss-reactive ketones (excluding diaryl/α,β-unsaturated/α-hetero) is 1. The summed E-state index contributed by atoms with van der Waals surface area (Å²) >= 11 is 0. The van der Waals surface area contributed by atoms with E-state index in [-0.39, 0.29) is 18.2 Å². The molecular weight excluding hydrogens is 547 g/mol. The molecule has 0 saturated heterocycles. The fourth-order valence-corrected chi connectivity index (χ4v) is 4.98. The van der Waals surface area contributed by atoms with Gasteiger partial charge in [0.25, 0.3) is 0 Å². The first kappa shape index (κ1) is 28.9. The molecule has 8 nitrogen and oxygen atoms in total. The van der Waals surface area contributed by atoms with E-state index in [1.165, 1.54) is 42.1 Å². The molecule has 0 amide bonds. The summed E-state index contributed by atoms with van der Waals surface area (Å²) in [6, 6.07) is 35.2. The number of hydrogen-bond donors (Lipinski definition) is 1. The lowest BCUT2D eigenvalue weighted by Gasteiger charge is -2.37. The van der Waals surface area contributed by atoms with Gasteiger partial charge in [0.15, 0.2) is 0 Å². The zero-order valence-electron chi connectivity index (χ0n) is 23.6. The summed E-state index contributed by atoms with van der Waals surface area (Å²) < 4.78 is 20.6. The van der Waals surface area contributed by atoms with Gasteiger partial charge < -0.3 is 14.9 Å². The van der Waals surface area contributed by atoms with Crippen LogP contribution in [0, 0.1) is 5.82 Å². The van der Waals surface area contributed by atoms with E-state index < -0.39 is 28.8 Å². The summed E-state index contributed by atoms with van der Waals surface area (Å²) in [5, 5.41) is 7.31. The van der Waals surface area contributed by atoms with Gasteiger partial charge in [-0.15, -0.1) is 0 Å². The van der Waals surface area contributed by atoms with Crippen molar-refractivity contribution >= 4 is 23.4 Å². The first-order valence-corrected chi connectivity index (χ1v) is 13.6. The normalized spacial score (nSPS) is 11.6. The maximum absolute atomic E-state index is 14.0. The van der Waals surface area contributed by atoms with Gasteiger partial charge in [0.05, 0.1) is 12.8 Å². The van der Waals surface area contributed by atoms with Crippen molar-refractivity contribution in [2.75, 3.05) is 19.0 Å². The van der Waals surface area contributed by atoms with Crippen LogP contribution in [0.1, 0.15) is 34.1 Å². The first-order chi connectivity index (χ1) is 21.0. The molecule has 9 heteroatoms. The number of carbonyl (C=O) groups is 2. The van der Waals surface area contributed by atoms with Crippen molar-refractivity contribution in [1.29, 1.82) is 0 Å². The van der Waals surface area contributed by atoms with Gasteiger partial charge in [-0.05, 0) is 47.9 Å². The molecule has 0 spiro atoms. The van der Waals surface area contributed by atoms with Crippen molar-refractivity contribution in [1.82, 2.24) is 9.55 Å². The van der Waals surface area contributed by atoms with Crippen molar-refractivity contribution < 1.29 is 23.6 Å². The standard InChI is InChI=1S/C34H29FN4O4/c1-3-43-32(41)30(38-42-2)31(40)29-23-36-33(39(29)28-21-19-27(35)20-22-28)37-34(24-13-7-4-8-14-24,25-15-9-5-10-16-25)26-17-11-6-12-18-26/h4-23H,3H2,1-2H3,(H,36,37)/b38-30+. The van der Waals surface area contributed by atoms with Crippen molar-refractivity contribution in [2.45, 2.75) is 12.5 Å². The molecule has 0 aliphatic rings. The highest BCUT2D eigenvalue weighted by Gasteiger charge is 2.38. The second-order valence-corrected chi connectivity index (χ2v) is 9.42. The molecule has 5 rings (SSSR count). The Hall–Kier alpha value is -5.57. The zero-order chi connectivity index (χ0) is 30.2. The van der Waals surface area contributed by atoms with Crippen LogP contribution in [0.5, 0.6) is 0 Å². The van der Waals surface area contributed by atoms with E-state index in [1.807, 2.05) is 91.0 Å². The molecule has 1 N–H and O–H groups in total. The minimum absolute atomic E-state index is 0.0129. The molecule has 43 heavy (non-hydrogen) atoms. The smallest absolute Gasteiger partial charge is 0.364 e. The Labute approximate surface area is 248 Å². The van der Waals surface area contributed by atoms with Gasteiger partial charge in [-0.25, -0.2) is 14.2 Å². The molecule has 216 valence electrons. The number of ketones is 1. The third-order valence-electron chi connectivity index (χ3n) is 6.87. The monoisotopic (exact) mass is 576 g/mol. The third-order valence-corrected chi connectivity index (χ3v) is 6.87. The summed E-state index contributed by atoms with van der Waals surface area (Å²) in [5.41, 5.74) is 1.58. The largest absolute Gasteiger partial charge is 0.461 e. The molecule has 1 heterocycles. The van der Waals surface area contributed by atoms with Gasteiger partial charge in [0.2, 0.25) is 17.4 Å². The number of hydrogen-bond acceptors (Lipinski definition) is 7. The highest BCUT2D eigenvalue weighted by Crippen LogP contribution is 2.40. The summed E-state index contributed by atoms with van der Waals surface area (Å²) in [7, 11) is 1.23. The van der Waals surface area contributed by atoms with E-state index >= 15 is 0 Å². The number of ether oxygens (including phenoxy) is 1. The third kappa shape index (κ3) is 5.78. The molecule has 0 bridgehead atoms. The number of aromatic nitrogens is 2. The fourth-order valence-electron chi connectivity index (χ4n) is 4.98. The zero-order valence-corrected chi connectivity index (χ0v) is 23.6. The minimum atomic E-state index is -0.988. The van der Waals surface area contributed by atoms with Crippen LogP contribution in [0.25, 0.3) is 5.69 Å². The highest BCUT2D eigenvalue weighted by molar-refractivity contribution is 6.67. The Morgan fingerprint density at radius 2 is 1.35 bits per heavy atom. The Bertz CT molecular complexity index is 1620. The molecular formula is C34H29FN4O4. The van der Waals surface area contributed by atoms with Gasteiger partial charge in [-0.2, -0.15) is 0 Å². The van der Waals surface area contributed by atoms with Gasteiger partial charge in [-0.1, -0.05) is 96.2 Å². The van der Waals surface area contributed by atoms with Crippen molar-refractivity contribution in [3.63, 3.8) is 0 Å². The number of nitrogens with one attached hydrogen (secondary N) is 1. The van der Waals surface area contributed by atoms with E-state index in [2.05, 4.69) is 15.5 Å². The van der Waals surface area contributed by atoms with Crippen LogP contribution in [0.15, 0.2) is 127 Å². The molecule has 0 saturated carbocycles. The summed E-state index contributed by atoms with van der Waals surface area (Å²) in [5.74, 6) is -1.92. The van der Waals surface area contributed by atoms with E-state index in [0.29, 0.717) is 5.69 Å². The molecule has 0 atom stereocenters. The lowest BCUT2D eigenvalue weighted by Crippen LogP contribution is -2.39. The number of rotatable bonds is 11. The number of esters is 1. The van der Waals surface area contributed by atoms with Crippen molar-refractivity contribution in [3.05, 3.63) is 150 Å². The SMILES string of the molecule is CCOC(=O)/C(=N/OC)C(=O)c1cnc(NC(c2ccccc2)(c2ccccc2)c2ccccc2)n1-c1ccc(F)cc1. The van der Waals surface area contributed by atoms with Crippen LogP contribution in [-0.4, -0.2) is 40.7 Å². The number of nitrogens with zero attached hydrogens (tertiary/aromatic N) is 3. The number of imidazole rings is 1. The highest BCUT2D eigenvalue weighted by atomic mass is 19.1. The van der Waals surface area contributed by atoms with Crippen molar-refractivity contribution in [2.24, 2.45) is 5.16 Å². The molecule has 0 fully saturated rings. The first-order valence-electron chi connectivity index (χ1n) is 13.6. The second kappa shape index (κ2) is 12.9.